The minimum atomic E-state index is -4.55. The lowest BCUT2D eigenvalue weighted by molar-refractivity contribution is -0.137. The maximum Gasteiger partial charge on any atom is 0.418 e. The third-order valence-corrected chi connectivity index (χ3v) is 5.85. The van der Waals surface area contributed by atoms with Gasteiger partial charge in [-0.2, -0.15) is 18.2 Å². The normalized spacial score (nSPS) is 23.6. The van der Waals surface area contributed by atoms with Crippen LogP contribution in [0.3, 0.4) is 0 Å². The molecule has 0 radical (unpaired) electrons. The van der Waals surface area contributed by atoms with E-state index in [2.05, 4.69) is 15.0 Å². The SMILES string of the molecule is Nc1nc(N2C[C@H]3C[C@@H]2CO3)[nH]c(=O)c1C=Nc1ccc(C2CC2)cc1C(F)(F)F. The van der Waals surface area contributed by atoms with Crippen LogP contribution in [0.4, 0.5) is 30.6 Å². The van der Waals surface area contributed by atoms with Gasteiger partial charge in [-0.15, -0.1) is 0 Å². The average molecular weight is 419 g/mol. The Balaban J connectivity index is 1.45. The number of hydrogen-bond acceptors (Lipinski definition) is 6. The monoisotopic (exact) mass is 419 g/mol. The highest BCUT2D eigenvalue weighted by atomic mass is 19.4. The number of nitrogens with two attached hydrogens (primary N) is 1. The Morgan fingerprint density at radius 3 is 2.73 bits per heavy atom. The number of aromatic nitrogens is 2. The van der Waals surface area contributed by atoms with Crippen LogP contribution in [-0.2, 0) is 10.9 Å². The molecule has 1 saturated carbocycles. The van der Waals surface area contributed by atoms with Crippen molar-refractivity contribution in [1.82, 2.24) is 9.97 Å². The van der Waals surface area contributed by atoms with E-state index in [-0.39, 0.29) is 35.1 Å². The number of H-pyrrole nitrogens is 1. The third-order valence-electron chi connectivity index (χ3n) is 5.85. The summed E-state index contributed by atoms with van der Waals surface area (Å²) in [4.78, 5) is 25.3. The third kappa shape index (κ3) is 3.45. The number of nitrogen functional groups attached to an aromatic ring is 1. The van der Waals surface area contributed by atoms with Gasteiger partial charge < -0.3 is 15.4 Å². The summed E-state index contributed by atoms with van der Waals surface area (Å²) in [6.07, 6.45) is -0.727. The van der Waals surface area contributed by atoms with Gasteiger partial charge in [-0.3, -0.25) is 14.8 Å². The van der Waals surface area contributed by atoms with Crippen molar-refractivity contribution in [3.05, 3.63) is 45.2 Å². The van der Waals surface area contributed by atoms with E-state index in [1.54, 1.807) is 6.07 Å². The van der Waals surface area contributed by atoms with Crippen molar-refractivity contribution in [2.24, 2.45) is 4.99 Å². The van der Waals surface area contributed by atoms with Crippen molar-refractivity contribution in [2.75, 3.05) is 23.8 Å². The average Bonchev–Trinajstić information content (AvgIpc) is 3.32. The minimum Gasteiger partial charge on any atom is -0.383 e. The molecule has 0 amide bonds. The topological polar surface area (TPSA) is 96.6 Å². The van der Waals surface area contributed by atoms with E-state index in [9.17, 15) is 18.0 Å². The van der Waals surface area contributed by atoms with E-state index in [1.807, 2.05) is 4.90 Å². The van der Waals surface area contributed by atoms with Crippen LogP contribution in [0.25, 0.3) is 0 Å². The van der Waals surface area contributed by atoms with Gasteiger partial charge in [-0.1, -0.05) is 6.07 Å². The first-order valence-corrected chi connectivity index (χ1v) is 9.83. The predicted octanol–water partition coefficient (Wildman–Crippen LogP) is 2.98. The molecule has 3 fully saturated rings. The molecule has 30 heavy (non-hydrogen) atoms. The zero-order valence-electron chi connectivity index (χ0n) is 15.9. The fourth-order valence-electron chi connectivity index (χ4n) is 4.11. The standard InChI is InChI=1S/C20H20F3N5O2/c21-20(22,23)15-5-11(10-1-2-10)3-4-16(15)25-7-14-17(24)26-19(27-18(14)29)28-8-13-6-12(28)9-30-13/h3-5,7,10,12-13H,1-2,6,8-9H2,(H3,24,26,27,29)/t12-,13-/m1/s1. The van der Waals surface area contributed by atoms with Gasteiger partial charge in [-0.25, -0.2) is 0 Å². The van der Waals surface area contributed by atoms with Gasteiger partial charge in [0.2, 0.25) is 5.95 Å². The van der Waals surface area contributed by atoms with Crippen LogP contribution in [0.1, 0.15) is 41.9 Å². The molecule has 1 aliphatic carbocycles. The molecule has 2 aromatic rings. The number of aliphatic imine (C=N–C) groups is 1. The van der Waals surface area contributed by atoms with E-state index in [0.29, 0.717) is 24.7 Å². The van der Waals surface area contributed by atoms with Crippen LogP contribution >= 0.6 is 0 Å². The Kier molecular flexibility index (Phi) is 4.35. The largest absolute Gasteiger partial charge is 0.418 e. The summed E-state index contributed by atoms with van der Waals surface area (Å²) in [5, 5.41) is 0. The molecular weight excluding hydrogens is 399 g/mol. The van der Waals surface area contributed by atoms with Gasteiger partial charge in [0.1, 0.15) is 11.4 Å². The second kappa shape index (κ2) is 6.83. The van der Waals surface area contributed by atoms with E-state index in [4.69, 9.17) is 10.5 Å². The van der Waals surface area contributed by atoms with E-state index >= 15 is 0 Å². The van der Waals surface area contributed by atoms with Crippen LogP contribution in [0.2, 0.25) is 0 Å². The van der Waals surface area contributed by atoms with E-state index in [1.165, 1.54) is 6.07 Å². The Morgan fingerprint density at radius 1 is 1.33 bits per heavy atom. The Morgan fingerprint density at radius 2 is 2.13 bits per heavy atom. The molecule has 1 aromatic heterocycles. The van der Waals surface area contributed by atoms with E-state index < -0.39 is 17.3 Å². The summed E-state index contributed by atoms with van der Waals surface area (Å²) in [5.41, 5.74) is 4.90. The summed E-state index contributed by atoms with van der Waals surface area (Å²) < 4.78 is 46.0. The van der Waals surface area contributed by atoms with Gasteiger partial charge >= 0.3 is 6.18 Å². The number of fused-ring (bicyclic) bond motifs is 2. The van der Waals surface area contributed by atoms with Crippen LogP contribution < -0.4 is 16.2 Å². The van der Waals surface area contributed by atoms with Crippen molar-refractivity contribution in [3.8, 4) is 0 Å². The fraction of sp³-hybridized carbons (Fsp3) is 0.450. The van der Waals surface area contributed by atoms with Crippen LogP contribution in [-0.4, -0.2) is 41.5 Å². The molecule has 7 nitrogen and oxygen atoms in total. The summed E-state index contributed by atoms with van der Waals surface area (Å²) >= 11 is 0. The number of alkyl halides is 3. The summed E-state index contributed by atoms with van der Waals surface area (Å²) in [5.74, 6) is 0.449. The number of rotatable bonds is 4. The first-order chi connectivity index (χ1) is 14.3. The summed E-state index contributed by atoms with van der Waals surface area (Å²) in [6, 6.07) is 4.26. The molecule has 2 saturated heterocycles. The zero-order valence-corrected chi connectivity index (χ0v) is 15.9. The number of aromatic amines is 1. The van der Waals surface area contributed by atoms with Crippen molar-refractivity contribution in [2.45, 2.75) is 43.5 Å². The molecule has 10 heteroatoms. The highest BCUT2D eigenvalue weighted by molar-refractivity contribution is 5.87. The molecule has 0 unspecified atom stereocenters. The van der Waals surface area contributed by atoms with Gasteiger partial charge in [-0.05, 0) is 42.9 Å². The van der Waals surface area contributed by atoms with Crippen molar-refractivity contribution >= 4 is 23.7 Å². The quantitative estimate of drug-likeness (QED) is 0.743. The van der Waals surface area contributed by atoms with E-state index in [0.717, 1.165) is 31.5 Å². The highest BCUT2D eigenvalue weighted by Crippen LogP contribution is 2.44. The number of ether oxygens (including phenoxy) is 1. The summed E-state index contributed by atoms with van der Waals surface area (Å²) in [7, 11) is 0. The van der Waals surface area contributed by atoms with Crippen molar-refractivity contribution in [3.63, 3.8) is 0 Å². The lowest BCUT2D eigenvalue weighted by Crippen LogP contribution is -2.39. The highest BCUT2D eigenvalue weighted by Gasteiger charge is 2.40. The molecule has 2 aliphatic heterocycles. The number of hydrogen-bond donors (Lipinski definition) is 2. The van der Waals surface area contributed by atoms with Gasteiger partial charge in [0, 0.05) is 12.8 Å². The molecule has 158 valence electrons. The smallest absolute Gasteiger partial charge is 0.383 e. The lowest BCUT2D eigenvalue weighted by Gasteiger charge is -2.27. The maximum absolute atomic E-state index is 13.5. The molecular formula is C20H20F3N5O2. The molecule has 1 aromatic carbocycles. The number of nitrogens with zero attached hydrogens (tertiary/aromatic N) is 3. The number of morpholine rings is 1. The Labute approximate surface area is 169 Å². The van der Waals surface area contributed by atoms with Crippen molar-refractivity contribution in [1.29, 1.82) is 0 Å². The van der Waals surface area contributed by atoms with Gasteiger partial charge in [0.25, 0.3) is 5.56 Å². The molecule has 2 bridgehead atoms. The van der Waals surface area contributed by atoms with Crippen LogP contribution in [0, 0.1) is 0 Å². The fourth-order valence-corrected chi connectivity index (χ4v) is 4.11. The maximum atomic E-state index is 13.5. The van der Waals surface area contributed by atoms with Crippen molar-refractivity contribution < 1.29 is 17.9 Å². The number of anilines is 2. The Bertz CT molecular complexity index is 1080. The summed E-state index contributed by atoms with van der Waals surface area (Å²) in [6.45, 7) is 1.18. The minimum absolute atomic E-state index is 0.0706. The van der Waals surface area contributed by atoms with Crippen LogP contribution in [0.5, 0.6) is 0 Å². The number of benzene rings is 1. The first-order valence-electron chi connectivity index (χ1n) is 9.83. The first kappa shape index (κ1) is 19.1. The van der Waals surface area contributed by atoms with Gasteiger partial charge in [0.05, 0.1) is 30.0 Å². The molecule has 3 heterocycles. The number of nitrogens with one attached hydrogen (secondary N) is 1. The molecule has 3 aliphatic rings. The molecule has 0 spiro atoms. The molecule has 3 N–H and O–H groups in total. The van der Waals surface area contributed by atoms with Crippen LogP contribution in [0.15, 0.2) is 28.0 Å². The van der Waals surface area contributed by atoms with Gasteiger partial charge in [0.15, 0.2) is 0 Å². The second-order valence-electron chi connectivity index (χ2n) is 7.99. The zero-order chi connectivity index (χ0) is 21.0. The predicted molar refractivity (Wildman–Crippen MR) is 105 cm³/mol. The Hall–Kier alpha value is -2.88. The second-order valence-corrected chi connectivity index (χ2v) is 7.99. The molecule has 2 atom stereocenters. The molecule has 5 rings (SSSR count). The number of halogens is 3. The lowest BCUT2D eigenvalue weighted by atomic mass is 10.0.